The van der Waals surface area contributed by atoms with Crippen molar-refractivity contribution in [3.05, 3.63) is 0 Å². The average Bonchev–Trinajstić information content (AvgIpc) is 2.84. The molecule has 0 aliphatic rings. The van der Waals surface area contributed by atoms with E-state index in [0.717, 1.165) is 49.7 Å². The molecule has 4 heteroatoms. The van der Waals surface area contributed by atoms with Crippen LogP contribution in [0.5, 0.6) is 0 Å². The second-order valence-electron chi connectivity index (χ2n) is 13.0. The lowest BCUT2D eigenvalue weighted by Gasteiger charge is -2.31. The number of hydrogen-bond acceptors (Lipinski definition) is 4. The molecule has 0 spiro atoms. The summed E-state index contributed by atoms with van der Waals surface area (Å²) in [7, 11) is 0. The minimum absolute atomic E-state index is 0.551. The van der Waals surface area contributed by atoms with Crippen molar-refractivity contribution in [1.29, 1.82) is 0 Å². The Kier molecular flexibility index (Phi) is 24.5. The molecule has 2 N–H and O–H groups in total. The molecule has 0 aliphatic heterocycles. The second kappa shape index (κ2) is 24.6. The van der Waals surface area contributed by atoms with Crippen molar-refractivity contribution in [3.8, 4) is 0 Å². The average molecular weight is 541 g/mol. The summed E-state index contributed by atoms with van der Waals surface area (Å²) in [4.78, 5) is 0. The molecule has 0 aromatic rings. The predicted octanol–water partition coefficient (Wildman–Crippen LogP) is 9.02. The van der Waals surface area contributed by atoms with Gasteiger partial charge in [0.2, 0.25) is 0 Å². The van der Waals surface area contributed by atoms with E-state index in [4.69, 9.17) is 9.47 Å². The molecule has 4 nitrogen and oxygen atoms in total. The highest BCUT2D eigenvalue weighted by Gasteiger charge is 2.23. The first-order valence-electron chi connectivity index (χ1n) is 16.9. The van der Waals surface area contributed by atoms with E-state index in [-0.39, 0.29) is 0 Å². The van der Waals surface area contributed by atoms with E-state index in [0.29, 0.717) is 37.4 Å². The lowest BCUT2D eigenvalue weighted by molar-refractivity contribution is 0.0359. The highest BCUT2D eigenvalue weighted by molar-refractivity contribution is 4.80. The number of hydrogen-bond donors (Lipinski definition) is 2. The Morgan fingerprint density at radius 2 is 0.868 bits per heavy atom. The van der Waals surface area contributed by atoms with Gasteiger partial charge < -0.3 is 20.1 Å². The van der Waals surface area contributed by atoms with Gasteiger partial charge in [-0.1, -0.05) is 93.9 Å². The molecule has 0 aromatic carbocycles. The molecule has 0 heterocycles. The van der Waals surface area contributed by atoms with E-state index in [1.165, 1.54) is 64.2 Å². The number of nitrogens with one attached hydrogen (secondary N) is 2. The summed E-state index contributed by atoms with van der Waals surface area (Å²) in [6.07, 6.45) is 15.0. The molecule has 0 saturated heterocycles. The Morgan fingerprint density at radius 1 is 0.500 bits per heavy atom. The standard InChI is InChI=1S/C34H72N2O2/c1-11-15-17-31(13-3)33(35-29(9)25-27(5)6)19-21-37-23-24-38-22-20-34(32(14-4)18-16-12-2)36-30(10)26-28(7)8/h27-36H,11-26H2,1-10H3. The maximum Gasteiger partial charge on any atom is 0.0700 e. The molecule has 0 bridgehead atoms. The molecule has 0 aromatic heterocycles. The molecule has 0 saturated carbocycles. The van der Waals surface area contributed by atoms with Crippen molar-refractivity contribution in [2.45, 2.75) is 170 Å². The van der Waals surface area contributed by atoms with E-state index in [1.54, 1.807) is 0 Å². The molecule has 0 aliphatic carbocycles. The van der Waals surface area contributed by atoms with Gasteiger partial charge >= 0.3 is 0 Å². The van der Waals surface area contributed by atoms with Crippen molar-refractivity contribution < 1.29 is 9.47 Å². The Balaban J connectivity index is 4.56. The lowest BCUT2D eigenvalue weighted by Crippen LogP contribution is -2.43. The number of unbranched alkanes of at least 4 members (excludes halogenated alkanes) is 2. The topological polar surface area (TPSA) is 42.5 Å². The van der Waals surface area contributed by atoms with Gasteiger partial charge in [-0.2, -0.15) is 0 Å². The van der Waals surface area contributed by atoms with Gasteiger partial charge in [0.05, 0.1) is 13.2 Å². The Hall–Kier alpha value is -0.160. The van der Waals surface area contributed by atoms with Crippen molar-refractivity contribution in [2.24, 2.45) is 23.7 Å². The lowest BCUT2D eigenvalue weighted by atomic mass is 9.88. The molecule has 6 atom stereocenters. The summed E-state index contributed by atoms with van der Waals surface area (Å²) in [5.41, 5.74) is 0. The van der Waals surface area contributed by atoms with E-state index >= 15 is 0 Å². The number of ether oxygens (including phenoxy) is 2. The Morgan fingerprint density at radius 3 is 1.16 bits per heavy atom. The monoisotopic (exact) mass is 541 g/mol. The molecular formula is C34H72N2O2. The van der Waals surface area contributed by atoms with Crippen LogP contribution in [0.4, 0.5) is 0 Å². The SMILES string of the molecule is CCCCC(CC)C(CCOCCOCCC(NC(C)CC(C)C)C(CC)CCCC)NC(C)CC(C)C. The summed E-state index contributed by atoms with van der Waals surface area (Å²) in [5.74, 6) is 2.95. The van der Waals surface area contributed by atoms with Crippen LogP contribution in [0, 0.1) is 23.7 Å². The molecule has 38 heavy (non-hydrogen) atoms. The van der Waals surface area contributed by atoms with E-state index < -0.39 is 0 Å². The van der Waals surface area contributed by atoms with Crippen molar-refractivity contribution in [1.82, 2.24) is 10.6 Å². The van der Waals surface area contributed by atoms with Crippen LogP contribution in [0.2, 0.25) is 0 Å². The van der Waals surface area contributed by atoms with Gasteiger partial charge in [0, 0.05) is 37.4 Å². The van der Waals surface area contributed by atoms with Crippen molar-refractivity contribution in [2.75, 3.05) is 26.4 Å². The summed E-state index contributed by atoms with van der Waals surface area (Å²) in [6, 6.07) is 2.23. The minimum Gasteiger partial charge on any atom is -0.379 e. The van der Waals surface area contributed by atoms with Crippen molar-refractivity contribution >= 4 is 0 Å². The quantitative estimate of drug-likeness (QED) is 0.102. The first kappa shape index (κ1) is 37.8. The van der Waals surface area contributed by atoms with E-state index in [2.05, 4.69) is 79.9 Å². The van der Waals surface area contributed by atoms with Gasteiger partial charge in [0.1, 0.15) is 0 Å². The van der Waals surface area contributed by atoms with Crippen LogP contribution in [0.3, 0.4) is 0 Å². The fraction of sp³-hybridized carbons (Fsp3) is 1.00. The highest BCUT2D eigenvalue weighted by Crippen LogP contribution is 2.22. The van der Waals surface area contributed by atoms with E-state index in [1.807, 2.05) is 0 Å². The van der Waals surface area contributed by atoms with Crippen LogP contribution in [0.25, 0.3) is 0 Å². The van der Waals surface area contributed by atoms with Crippen LogP contribution in [0.15, 0.2) is 0 Å². The van der Waals surface area contributed by atoms with Crippen molar-refractivity contribution in [3.63, 3.8) is 0 Å². The Labute approximate surface area is 240 Å². The zero-order chi connectivity index (χ0) is 28.8. The zero-order valence-corrected chi connectivity index (χ0v) is 27.7. The fourth-order valence-electron chi connectivity index (χ4n) is 6.25. The summed E-state index contributed by atoms with van der Waals surface area (Å²) < 4.78 is 12.2. The first-order valence-corrected chi connectivity index (χ1v) is 16.9. The van der Waals surface area contributed by atoms with Crippen LogP contribution in [-0.2, 0) is 9.47 Å². The van der Waals surface area contributed by atoms with Gasteiger partial charge in [0.15, 0.2) is 0 Å². The predicted molar refractivity (Wildman–Crippen MR) is 169 cm³/mol. The highest BCUT2D eigenvalue weighted by atomic mass is 16.5. The van der Waals surface area contributed by atoms with Gasteiger partial charge in [-0.3, -0.25) is 0 Å². The Bertz CT molecular complexity index is 455. The van der Waals surface area contributed by atoms with Gasteiger partial charge in [-0.15, -0.1) is 0 Å². The summed E-state index contributed by atoms with van der Waals surface area (Å²) >= 11 is 0. The molecule has 0 amide bonds. The smallest absolute Gasteiger partial charge is 0.0700 e. The molecule has 0 rings (SSSR count). The summed E-state index contributed by atoms with van der Waals surface area (Å²) in [5, 5.41) is 7.94. The van der Waals surface area contributed by atoms with E-state index in [9.17, 15) is 0 Å². The van der Waals surface area contributed by atoms with Crippen LogP contribution < -0.4 is 10.6 Å². The van der Waals surface area contributed by atoms with Crippen LogP contribution in [0.1, 0.15) is 146 Å². The molecule has 0 fully saturated rings. The van der Waals surface area contributed by atoms with Crippen LogP contribution in [-0.4, -0.2) is 50.6 Å². The normalized spacial score (nSPS) is 17.1. The molecule has 6 unspecified atom stereocenters. The van der Waals surface area contributed by atoms with Gasteiger partial charge in [-0.25, -0.2) is 0 Å². The number of rotatable bonds is 27. The fourth-order valence-corrected chi connectivity index (χ4v) is 6.25. The molecular weight excluding hydrogens is 468 g/mol. The zero-order valence-electron chi connectivity index (χ0n) is 27.7. The molecule has 0 radical (unpaired) electrons. The first-order chi connectivity index (χ1) is 18.2. The maximum atomic E-state index is 6.08. The minimum atomic E-state index is 0.551. The van der Waals surface area contributed by atoms with Crippen LogP contribution >= 0.6 is 0 Å². The third-order valence-electron chi connectivity index (χ3n) is 8.21. The third-order valence-corrected chi connectivity index (χ3v) is 8.21. The van der Waals surface area contributed by atoms with Gasteiger partial charge in [0.25, 0.3) is 0 Å². The summed E-state index contributed by atoms with van der Waals surface area (Å²) in [6.45, 7) is 26.4. The maximum absolute atomic E-state index is 6.08. The second-order valence-corrected chi connectivity index (χ2v) is 13.0. The van der Waals surface area contributed by atoms with Gasteiger partial charge in [-0.05, 0) is 76.0 Å². The largest absolute Gasteiger partial charge is 0.379 e. The third kappa shape index (κ3) is 19.8. The molecule has 230 valence electrons.